The Labute approximate surface area is 149 Å². The van der Waals surface area contributed by atoms with Gasteiger partial charge in [-0.2, -0.15) is 13.8 Å². The van der Waals surface area contributed by atoms with Crippen molar-refractivity contribution in [3.8, 4) is 0 Å². The summed E-state index contributed by atoms with van der Waals surface area (Å²) in [6, 6.07) is 16.7. The molecule has 0 aliphatic rings. The highest BCUT2D eigenvalue weighted by Crippen LogP contribution is 2.18. The molecule has 0 bridgehead atoms. The zero-order chi connectivity index (χ0) is 17.9. The molecule has 126 valence electrons. The van der Waals surface area contributed by atoms with Crippen molar-refractivity contribution < 1.29 is 19.1 Å². The van der Waals surface area contributed by atoms with E-state index in [0.717, 1.165) is 0 Å². The molecule has 0 fully saturated rings. The number of carbonyl (C=O) groups excluding carboxylic acids is 2. The van der Waals surface area contributed by atoms with Crippen LogP contribution in [-0.2, 0) is 9.47 Å². The fourth-order valence-corrected chi connectivity index (χ4v) is 2.67. The Balaban J connectivity index is 2.10. The summed E-state index contributed by atoms with van der Waals surface area (Å²) in [6.07, 6.45) is -1.42. The third-order valence-corrected chi connectivity index (χ3v) is 3.99. The van der Waals surface area contributed by atoms with Crippen LogP contribution in [0.3, 0.4) is 0 Å². The molecule has 0 saturated heterocycles. The minimum absolute atomic E-state index is 0.205. The molecule has 0 aliphatic carbocycles. The van der Waals surface area contributed by atoms with E-state index in [2.05, 4.69) is 22.8 Å². The van der Waals surface area contributed by atoms with E-state index in [9.17, 15) is 9.59 Å². The standard InChI is InChI=1S/C15H12N3O4P3/c19-13(11-7-3-1-4-8-11)21-15(16-24-18-25-17-23)22-14(20)12-9-5-2-6-10-12/h1-10,15,23H. The zero-order valence-corrected chi connectivity index (χ0v) is 15.5. The number of hydrogen-bond acceptors (Lipinski definition) is 5. The van der Waals surface area contributed by atoms with Crippen LogP contribution in [0.2, 0.25) is 0 Å². The van der Waals surface area contributed by atoms with E-state index in [1.165, 1.54) is 0 Å². The van der Waals surface area contributed by atoms with Gasteiger partial charge in [-0.25, -0.2) is 9.59 Å². The third kappa shape index (κ3) is 6.60. The van der Waals surface area contributed by atoms with E-state index in [1.807, 2.05) is 0 Å². The van der Waals surface area contributed by atoms with E-state index in [-0.39, 0.29) is 8.52 Å². The molecule has 0 radical (unpaired) electrons. The molecule has 0 heterocycles. The molecule has 2 rings (SSSR count). The van der Waals surface area contributed by atoms with Gasteiger partial charge in [0.1, 0.15) is 0 Å². The monoisotopic (exact) mass is 391 g/mol. The molecule has 10 heteroatoms. The molecule has 0 saturated carbocycles. The maximum absolute atomic E-state index is 12.1. The van der Waals surface area contributed by atoms with Gasteiger partial charge in [0.25, 0.3) is 0 Å². The number of nitrogens with zero attached hydrogens (tertiary/aromatic N) is 3. The van der Waals surface area contributed by atoms with Crippen LogP contribution in [0.25, 0.3) is 0 Å². The van der Waals surface area contributed by atoms with E-state index in [1.54, 1.807) is 60.7 Å². The zero-order valence-electron chi connectivity index (χ0n) is 12.7. The lowest BCUT2D eigenvalue weighted by Crippen LogP contribution is -2.22. The number of carbonyl (C=O) groups is 2. The van der Waals surface area contributed by atoms with Crippen LogP contribution in [0.15, 0.2) is 74.4 Å². The van der Waals surface area contributed by atoms with Crippen molar-refractivity contribution in [1.29, 1.82) is 0 Å². The van der Waals surface area contributed by atoms with Gasteiger partial charge in [0.2, 0.25) is 0 Å². The molecule has 25 heavy (non-hydrogen) atoms. The minimum atomic E-state index is -1.42. The van der Waals surface area contributed by atoms with Crippen molar-refractivity contribution in [2.75, 3.05) is 0 Å². The van der Waals surface area contributed by atoms with Crippen LogP contribution < -0.4 is 0 Å². The Hall–Kier alpha value is -2.32. The second kappa shape index (κ2) is 10.5. The van der Waals surface area contributed by atoms with Crippen LogP contribution in [-0.4, -0.2) is 18.4 Å². The van der Waals surface area contributed by atoms with Gasteiger partial charge in [0, 0.05) is 0 Å². The molecule has 0 spiro atoms. The molecule has 0 aliphatic heterocycles. The van der Waals surface area contributed by atoms with Crippen molar-refractivity contribution >= 4 is 38.0 Å². The number of ether oxygens (including phenoxy) is 2. The number of benzene rings is 2. The topological polar surface area (TPSA) is 89.7 Å². The van der Waals surface area contributed by atoms with E-state index < -0.39 is 18.4 Å². The van der Waals surface area contributed by atoms with E-state index in [4.69, 9.17) is 9.47 Å². The second-order valence-electron chi connectivity index (χ2n) is 4.33. The lowest BCUT2D eigenvalue weighted by atomic mass is 10.2. The highest BCUT2D eigenvalue weighted by Gasteiger charge is 2.20. The quantitative estimate of drug-likeness (QED) is 0.359. The van der Waals surface area contributed by atoms with Gasteiger partial charge in [0.05, 0.1) is 11.1 Å². The Morgan fingerprint density at radius 2 is 1.32 bits per heavy atom. The van der Waals surface area contributed by atoms with Crippen LogP contribution in [0.1, 0.15) is 20.7 Å². The van der Waals surface area contributed by atoms with Crippen molar-refractivity contribution in [1.82, 2.24) is 0 Å². The Morgan fingerprint density at radius 1 is 0.840 bits per heavy atom. The first-order valence-corrected chi connectivity index (χ1v) is 8.94. The number of esters is 2. The summed E-state index contributed by atoms with van der Waals surface area (Å²) in [7, 11) is 3.51. The van der Waals surface area contributed by atoms with Gasteiger partial charge in [-0.1, -0.05) is 36.4 Å². The van der Waals surface area contributed by atoms with Crippen LogP contribution in [0, 0.1) is 0 Å². The molecule has 7 nitrogen and oxygen atoms in total. The molecular weight excluding hydrogens is 379 g/mol. The molecule has 0 N–H and O–H groups in total. The summed E-state index contributed by atoms with van der Waals surface area (Å²) in [5.74, 6) is -1.32. The SMILES string of the molecule is O=C(OC(/N=P\N=P/N=P)OC(=O)c1ccccc1)c1ccccc1. The largest absolute Gasteiger partial charge is 0.400 e. The van der Waals surface area contributed by atoms with Gasteiger partial charge < -0.3 is 9.47 Å². The molecular formula is C15H12N3O4P3. The average Bonchev–Trinajstić information content (AvgIpc) is 2.66. The number of rotatable bonds is 7. The Bertz CT molecular complexity index is 732. The first kappa shape index (κ1) is 19.0. The smallest absolute Gasteiger partial charge is 0.355 e. The minimum Gasteiger partial charge on any atom is -0.400 e. The van der Waals surface area contributed by atoms with Gasteiger partial charge in [-0.15, -0.1) is 0 Å². The van der Waals surface area contributed by atoms with E-state index >= 15 is 0 Å². The van der Waals surface area contributed by atoms with Gasteiger partial charge in [-0.05, 0) is 33.3 Å². The highest BCUT2D eigenvalue weighted by molar-refractivity contribution is 7.40. The third-order valence-electron chi connectivity index (χ3n) is 2.71. The summed E-state index contributed by atoms with van der Waals surface area (Å²) in [4.78, 5) is 24.3. The fraction of sp³-hybridized carbons (Fsp3) is 0.0667. The van der Waals surface area contributed by atoms with Crippen molar-refractivity contribution in [3.05, 3.63) is 71.8 Å². The first-order chi connectivity index (χ1) is 12.2. The fourth-order valence-electron chi connectivity index (χ4n) is 1.64. The molecule has 0 aromatic heterocycles. The maximum atomic E-state index is 12.1. The molecule has 0 amide bonds. The van der Waals surface area contributed by atoms with Crippen molar-refractivity contribution in [3.63, 3.8) is 0 Å². The lowest BCUT2D eigenvalue weighted by Gasteiger charge is -2.13. The van der Waals surface area contributed by atoms with Crippen LogP contribution in [0.5, 0.6) is 0 Å². The van der Waals surface area contributed by atoms with Crippen molar-refractivity contribution in [2.45, 2.75) is 6.41 Å². The second-order valence-corrected chi connectivity index (χ2v) is 6.44. The predicted octanol–water partition coefficient (Wildman–Crippen LogP) is 5.40. The van der Waals surface area contributed by atoms with Crippen LogP contribution >= 0.6 is 26.1 Å². The summed E-state index contributed by atoms with van der Waals surface area (Å²) < 4.78 is 21.7. The van der Waals surface area contributed by atoms with Crippen molar-refractivity contribution in [2.24, 2.45) is 13.8 Å². The molecule has 2 aromatic carbocycles. The molecule has 0 atom stereocenters. The normalized spacial score (nSPS) is 10.9. The van der Waals surface area contributed by atoms with Crippen LogP contribution in [0.4, 0.5) is 0 Å². The summed E-state index contributed by atoms with van der Waals surface area (Å²) in [6.45, 7) is 0. The molecule has 2 aromatic rings. The van der Waals surface area contributed by atoms with Gasteiger partial charge in [-0.3, -0.25) is 0 Å². The predicted molar refractivity (Wildman–Crippen MR) is 96.9 cm³/mol. The van der Waals surface area contributed by atoms with Gasteiger partial charge >= 0.3 is 18.4 Å². The average molecular weight is 391 g/mol. The Kier molecular flexibility index (Phi) is 8.00. The Morgan fingerprint density at radius 3 is 1.76 bits per heavy atom. The maximum Gasteiger partial charge on any atom is 0.355 e. The summed E-state index contributed by atoms with van der Waals surface area (Å²) in [5.41, 5.74) is 0.640. The van der Waals surface area contributed by atoms with Gasteiger partial charge in [0.15, 0.2) is 17.0 Å². The summed E-state index contributed by atoms with van der Waals surface area (Å²) >= 11 is 0. The lowest BCUT2D eigenvalue weighted by molar-refractivity contribution is -0.0731. The molecule has 0 unspecified atom stereocenters. The number of hydrogen-bond donors (Lipinski definition) is 0. The van der Waals surface area contributed by atoms with E-state index in [0.29, 0.717) is 19.7 Å². The first-order valence-electron chi connectivity index (χ1n) is 6.89. The highest BCUT2D eigenvalue weighted by atomic mass is 31.1. The summed E-state index contributed by atoms with van der Waals surface area (Å²) in [5, 5.41) is 0.